The number of aromatic nitrogens is 1. The van der Waals surface area contributed by atoms with Crippen LogP contribution >= 0.6 is 0 Å². The maximum absolute atomic E-state index is 12.5. The Hall–Kier alpha value is -1.18. The topological polar surface area (TPSA) is 80.3 Å². The van der Waals surface area contributed by atoms with Gasteiger partial charge in [0.1, 0.15) is 0 Å². The predicted molar refractivity (Wildman–Crippen MR) is 83.9 cm³/mol. The van der Waals surface area contributed by atoms with E-state index in [-0.39, 0.29) is 11.1 Å². The van der Waals surface area contributed by atoms with E-state index in [2.05, 4.69) is 15.0 Å². The van der Waals surface area contributed by atoms with Gasteiger partial charge in [-0.15, -0.1) is 0 Å². The summed E-state index contributed by atoms with van der Waals surface area (Å²) in [4.78, 5) is 4.02. The molecule has 21 heavy (non-hydrogen) atoms. The van der Waals surface area contributed by atoms with Crippen LogP contribution in [0.1, 0.15) is 33.1 Å². The molecule has 0 saturated heterocycles. The smallest absolute Gasteiger partial charge is 0.260 e. The highest BCUT2D eigenvalue weighted by atomic mass is 32.2. The summed E-state index contributed by atoms with van der Waals surface area (Å²) in [5.74, 6) is 0. The maximum Gasteiger partial charge on any atom is 0.260 e. The van der Waals surface area contributed by atoms with Gasteiger partial charge >= 0.3 is 0 Å². The van der Waals surface area contributed by atoms with Crippen LogP contribution in [0, 0.1) is 0 Å². The second-order valence-corrected chi connectivity index (χ2v) is 6.47. The Kier molecular flexibility index (Phi) is 7.63. The van der Waals surface area contributed by atoms with Crippen molar-refractivity contribution in [1.82, 2.24) is 9.71 Å². The highest BCUT2D eigenvalue weighted by molar-refractivity contribution is 7.89. The van der Waals surface area contributed by atoms with Crippen LogP contribution in [0.2, 0.25) is 0 Å². The molecule has 1 atom stereocenters. The normalized spacial score (nSPS) is 13.1. The lowest BCUT2D eigenvalue weighted by Crippen LogP contribution is -2.38. The number of nitrogens with zero attached hydrogens (tertiary/aromatic N) is 1. The first-order valence-corrected chi connectivity index (χ1v) is 8.73. The zero-order valence-corrected chi connectivity index (χ0v) is 13.7. The first-order valence-electron chi connectivity index (χ1n) is 7.25. The van der Waals surface area contributed by atoms with Gasteiger partial charge in [0.25, 0.3) is 10.0 Å². The molecule has 7 heteroatoms. The van der Waals surface area contributed by atoms with Crippen LogP contribution in [0.3, 0.4) is 0 Å². The maximum atomic E-state index is 12.5. The first-order chi connectivity index (χ1) is 10.0. The Labute approximate surface area is 127 Å². The number of hydrogen-bond acceptors (Lipinski definition) is 5. The highest BCUT2D eigenvalue weighted by Gasteiger charge is 2.23. The van der Waals surface area contributed by atoms with Crippen molar-refractivity contribution in [2.45, 2.75) is 44.2 Å². The molecule has 0 aromatic carbocycles. The number of ether oxygens (including phenoxy) is 1. The predicted octanol–water partition coefficient (Wildman–Crippen LogP) is 2.00. The van der Waals surface area contributed by atoms with Crippen LogP contribution in [-0.4, -0.2) is 39.7 Å². The molecule has 0 bridgehead atoms. The van der Waals surface area contributed by atoms with Crippen molar-refractivity contribution in [1.29, 1.82) is 0 Å². The number of methoxy groups -OCH3 is 1. The van der Waals surface area contributed by atoms with Gasteiger partial charge in [-0.05, 0) is 25.0 Å². The molecule has 1 aromatic rings. The summed E-state index contributed by atoms with van der Waals surface area (Å²) < 4.78 is 32.8. The Morgan fingerprint density at radius 2 is 2.10 bits per heavy atom. The van der Waals surface area contributed by atoms with E-state index in [0.29, 0.717) is 18.8 Å². The fraction of sp³-hybridized carbons (Fsp3) is 0.643. The lowest BCUT2D eigenvalue weighted by Gasteiger charge is -2.18. The van der Waals surface area contributed by atoms with E-state index in [1.807, 2.05) is 13.8 Å². The molecule has 0 saturated carbocycles. The zero-order valence-electron chi connectivity index (χ0n) is 12.9. The number of anilines is 1. The SMILES string of the molecule is CCCNc1cccnc1S(=O)(=O)NC(CCC)COC. The molecule has 1 unspecified atom stereocenters. The number of nitrogens with one attached hydrogen (secondary N) is 2. The Bertz CT molecular complexity index is 514. The van der Waals surface area contributed by atoms with Crippen molar-refractivity contribution in [2.75, 3.05) is 25.6 Å². The molecule has 0 spiro atoms. The fourth-order valence-corrected chi connectivity index (χ4v) is 3.37. The van der Waals surface area contributed by atoms with E-state index in [1.165, 1.54) is 6.20 Å². The summed E-state index contributed by atoms with van der Waals surface area (Å²) in [5, 5.41) is 3.13. The van der Waals surface area contributed by atoms with Crippen molar-refractivity contribution in [2.24, 2.45) is 0 Å². The van der Waals surface area contributed by atoms with E-state index in [9.17, 15) is 8.42 Å². The first kappa shape index (κ1) is 17.9. The number of pyridine rings is 1. The van der Waals surface area contributed by atoms with Crippen LogP contribution in [0.15, 0.2) is 23.4 Å². The monoisotopic (exact) mass is 315 g/mol. The second kappa shape index (κ2) is 8.96. The van der Waals surface area contributed by atoms with Gasteiger partial charge in [0, 0.05) is 25.9 Å². The number of sulfonamides is 1. The van der Waals surface area contributed by atoms with Gasteiger partial charge in [0.2, 0.25) is 0 Å². The Morgan fingerprint density at radius 3 is 2.71 bits per heavy atom. The summed E-state index contributed by atoms with van der Waals surface area (Å²) >= 11 is 0. The summed E-state index contributed by atoms with van der Waals surface area (Å²) in [6.07, 6.45) is 3.98. The summed E-state index contributed by atoms with van der Waals surface area (Å²) in [6.45, 7) is 5.07. The van der Waals surface area contributed by atoms with E-state index < -0.39 is 10.0 Å². The lowest BCUT2D eigenvalue weighted by atomic mass is 10.2. The fourth-order valence-electron chi connectivity index (χ4n) is 2.00. The molecule has 0 aliphatic carbocycles. The summed E-state index contributed by atoms with van der Waals surface area (Å²) in [5.41, 5.74) is 0.527. The minimum absolute atomic E-state index is 0.0376. The molecule has 1 rings (SSSR count). The van der Waals surface area contributed by atoms with Crippen molar-refractivity contribution in [3.05, 3.63) is 18.3 Å². The molecule has 120 valence electrons. The molecular weight excluding hydrogens is 290 g/mol. The largest absolute Gasteiger partial charge is 0.383 e. The summed E-state index contributed by atoms with van der Waals surface area (Å²) in [6, 6.07) is 3.20. The Balaban J connectivity index is 2.95. The number of hydrogen-bond donors (Lipinski definition) is 2. The minimum Gasteiger partial charge on any atom is -0.383 e. The van der Waals surface area contributed by atoms with Gasteiger partial charge in [-0.2, -0.15) is 0 Å². The van der Waals surface area contributed by atoms with Crippen molar-refractivity contribution < 1.29 is 13.2 Å². The van der Waals surface area contributed by atoms with Crippen molar-refractivity contribution >= 4 is 15.7 Å². The zero-order chi connectivity index (χ0) is 15.7. The van der Waals surface area contributed by atoms with Crippen molar-refractivity contribution in [3.8, 4) is 0 Å². The molecule has 6 nitrogen and oxygen atoms in total. The molecule has 2 N–H and O–H groups in total. The minimum atomic E-state index is -3.67. The Morgan fingerprint density at radius 1 is 1.33 bits per heavy atom. The average molecular weight is 315 g/mol. The van der Waals surface area contributed by atoms with Crippen LogP contribution in [-0.2, 0) is 14.8 Å². The van der Waals surface area contributed by atoms with Gasteiger partial charge in [0.05, 0.1) is 12.3 Å². The van der Waals surface area contributed by atoms with Crippen LogP contribution in [0.25, 0.3) is 0 Å². The highest BCUT2D eigenvalue weighted by Crippen LogP contribution is 2.18. The van der Waals surface area contributed by atoms with E-state index in [4.69, 9.17) is 4.74 Å². The number of rotatable bonds is 10. The van der Waals surface area contributed by atoms with Gasteiger partial charge in [-0.3, -0.25) is 0 Å². The second-order valence-electron chi connectivity index (χ2n) is 4.85. The van der Waals surface area contributed by atoms with Crippen molar-refractivity contribution in [3.63, 3.8) is 0 Å². The molecule has 0 aliphatic heterocycles. The molecule has 0 amide bonds. The third-order valence-electron chi connectivity index (χ3n) is 2.92. The quantitative estimate of drug-likeness (QED) is 0.690. The van der Waals surface area contributed by atoms with Gasteiger partial charge in [-0.1, -0.05) is 20.3 Å². The molecule has 0 aliphatic rings. The third-order valence-corrected chi connectivity index (χ3v) is 4.40. The van der Waals surface area contributed by atoms with Crippen LogP contribution < -0.4 is 10.0 Å². The molecule has 0 fully saturated rings. The van der Waals surface area contributed by atoms with E-state index in [1.54, 1.807) is 19.2 Å². The molecular formula is C14H25N3O3S. The standard InChI is InChI=1S/C14H25N3O3S/c1-4-7-12(11-20-3)17-21(18,19)14-13(15-9-5-2)8-6-10-16-14/h6,8,10,12,15,17H,4-5,7,9,11H2,1-3H3. The van der Waals surface area contributed by atoms with Gasteiger partial charge in [-0.25, -0.2) is 18.1 Å². The third kappa shape index (κ3) is 5.61. The molecule has 1 aromatic heterocycles. The van der Waals surface area contributed by atoms with Crippen LogP contribution in [0.5, 0.6) is 0 Å². The van der Waals surface area contributed by atoms with Crippen LogP contribution in [0.4, 0.5) is 5.69 Å². The molecule has 0 radical (unpaired) electrons. The van der Waals surface area contributed by atoms with E-state index in [0.717, 1.165) is 19.3 Å². The van der Waals surface area contributed by atoms with Gasteiger partial charge in [0.15, 0.2) is 5.03 Å². The van der Waals surface area contributed by atoms with E-state index >= 15 is 0 Å². The van der Waals surface area contributed by atoms with Gasteiger partial charge < -0.3 is 10.1 Å². The molecule has 1 heterocycles. The lowest BCUT2D eigenvalue weighted by molar-refractivity contribution is 0.171. The average Bonchev–Trinajstić information content (AvgIpc) is 2.45. The summed E-state index contributed by atoms with van der Waals surface area (Å²) in [7, 11) is -2.11.